The maximum Gasteiger partial charge on any atom is 0.234 e. The molecule has 0 saturated heterocycles. The van der Waals surface area contributed by atoms with E-state index in [1.165, 1.54) is 19.2 Å². The highest BCUT2D eigenvalue weighted by Gasteiger charge is 2.05. The molecule has 0 aliphatic rings. The highest BCUT2D eigenvalue weighted by atomic mass is 35.5. The summed E-state index contributed by atoms with van der Waals surface area (Å²) in [5.74, 6) is -0.131. The van der Waals surface area contributed by atoms with E-state index in [0.29, 0.717) is 18.7 Å². The number of methoxy groups -OCH3 is 1. The lowest BCUT2D eigenvalue weighted by molar-refractivity contribution is -0.118. The SMILES string of the molecule is COc1cc(F)ccc1CCNC(=O)CCl. The fourth-order valence-corrected chi connectivity index (χ4v) is 1.40. The summed E-state index contributed by atoms with van der Waals surface area (Å²) in [6, 6.07) is 4.32. The Balaban J connectivity index is 2.56. The normalized spacial score (nSPS) is 9.94. The van der Waals surface area contributed by atoms with Gasteiger partial charge in [-0.15, -0.1) is 11.6 Å². The lowest BCUT2D eigenvalue weighted by atomic mass is 10.1. The zero-order valence-electron chi connectivity index (χ0n) is 8.93. The van der Waals surface area contributed by atoms with Gasteiger partial charge in [0.05, 0.1) is 7.11 Å². The van der Waals surface area contributed by atoms with Gasteiger partial charge in [-0.2, -0.15) is 0 Å². The van der Waals surface area contributed by atoms with Crippen LogP contribution < -0.4 is 10.1 Å². The van der Waals surface area contributed by atoms with Crippen molar-refractivity contribution in [2.45, 2.75) is 6.42 Å². The minimum absolute atomic E-state index is 0.0550. The average molecular weight is 246 g/mol. The summed E-state index contributed by atoms with van der Waals surface area (Å²) in [5, 5.41) is 2.63. The minimum Gasteiger partial charge on any atom is -0.496 e. The predicted octanol–water partition coefficient (Wildman–Crippen LogP) is 1.73. The zero-order valence-corrected chi connectivity index (χ0v) is 9.68. The monoisotopic (exact) mass is 245 g/mol. The number of benzene rings is 1. The van der Waals surface area contributed by atoms with Crippen molar-refractivity contribution in [3.05, 3.63) is 29.6 Å². The molecule has 0 aliphatic carbocycles. The number of hydrogen-bond acceptors (Lipinski definition) is 2. The molecule has 5 heteroatoms. The molecule has 3 nitrogen and oxygen atoms in total. The van der Waals surface area contributed by atoms with Gasteiger partial charge < -0.3 is 10.1 Å². The number of amides is 1. The van der Waals surface area contributed by atoms with E-state index in [4.69, 9.17) is 16.3 Å². The predicted molar refractivity (Wildman–Crippen MR) is 60.4 cm³/mol. The molecule has 0 spiro atoms. The third-order valence-electron chi connectivity index (χ3n) is 2.09. The molecule has 1 rings (SSSR count). The molecule has 1 amide bonds. The van der Waals surface area contributed by atoms with E-state index in [0.717, 1.165) is 5.56 Å². The summed E-state index contributed by atoms with van der Waals surface area (Å²) in [5.41, 5.74) is 0.846. The van der Waals surface area contributed by atoms with Crippen molar-refractivity contribution in [2.24, 2.45) is 0 Å². The first-order valence-electron chi connectivity index (χ1n) is 4.82. The van der Waals surface area contributed by atoms with Crippen molar-refractivity contribution >= 4 is 17.5 Å². The van der Waals surface area contributed by atoms with E-state index in [-0.39, 0.29) is 17.6 Å². The highest BCUT2D eigenvalue weighted by molar-refractivity contribution is 6.27. The van der Waals surface area contributed by atoms with E-state index in [1.54, 1.807) is 6.07 Å². The lowest BCUT2D eigenvalue weighted by Crippen LogP contribution is -2.26. The van der Waals surface area contributed by atoms with E-state index < -0.39 is 0 Å². The molecule has 0 aromatic heterocycles. The topological polar surface area (TPSA) is 38.3 Å². The molecule has 0 bridgehead atoms. The molecule has 1 aromatic carbocycles. The first-order chi connectivity index (χ1) is 7.67. The van der Waals surface area contributed by atoms with Crippen LogP contribution in [0.1, 0.15) is 5.56 Å². The van der Waals surface area contributed by atoms with Gasteiger partial charge in [0.25, 0.3) is 0 Å². The number of ether oxygens (including phenoxy) is 1. The van der Waals surface area contributed by atoms with Crippen molar-refractivity contribution in [1.29, 1.82) is 0 Å². The van der Waals surface area contributed by atoms with Gasteiger partial charge in [0, 0.05) is 12.6 Å². The second-order valence-corrected chi connectivity index (χ2v) is 3.46. The Morgan fingerprint density at radius 3 is 2.94 bits per heavy atom. The number of carbonyl (C=O) groups excluding carboxylic acids is 1. The number of alkyl halides is 1. The first-order valence-corrected chi connectivity index (χ1v) is 5.36. The number of hydrogen-bond donors (Lipinski definition) is 1. The van der Waals surface area contributed by atoms with E-state index in [1.807, 2.05) is 0 Å². The number of nitrogens with one attached hydrogen (secondary N) is 1. The van der Waals surface area contributed by atoms with Crippen molar-refractivity contribution in [1.82, 2.24) is 5.32 Å². The highest BCUT2D eigenvalue weighted by Crippen LogP contribution is 2.19. The Kier molecular flexibility index (Phi) is 5.05. The van der Waals surface area contributed by atoms with Crippen LogP contribution in [0.2, 0.25) is 0 Å². The van der Waals surface area contributed by atoms with Crippen LogP contribution in [0.3, 0.4) is 0 Å². The molecule has 88 valence electrons. The molecule has 0 unspecified atom stereocenters. The van der Waals surface area contributed by atoms with Crippen molar-refractivity contribution in [2.75, 3.05) is 19.5 Å². The smallest absolute Gasteiger partial charge is 0.234 e. The Bertz CT molecular complexity index is 371. The van der Waals surface area contributed by atoms with Gasteiger partial charge in [0.2, 0.25) is 5.91 Å². The molecule has 0 saturated carbocycles. The van der Waals surface area contributed by atoms with Gasteiger partial charge in [0.1, 0.15) is 17.4 Å². The molecule has 16 heavy (non-hydrogen) atoms. The third-order valence-corrected chi connectivity index (χ3v) is 2.33. The second kappa shape index (κ2) is 6.33. The minimum atomic E-state index is -0.342. The molecular formula is C11H13ClFNO2. The van der Waals surface area contributed by atoms with E-state index in [2.05, 4.69) is 5.32 Å². The molecule has 0 heterocycles. The van der Waals surface area contributed by atoms with Gasteiger partial charge >= 0.3 is 0 Å². The fraction of sp³-hybridized carbons (Fsp3) is 0.364. The van der Waals surface area contributed by atoms with E-state index in [9.17, 15) is 9.18 Å². The van der Waals surface area contributed by atoms with Crippen LogP contribution >= 0.6 is 11.6 Å². The average Bonchev–Trinajstić information content (AvgIpc) is 2.30. The molecule has 0 radical (unpaired) electrons. The molecule has 0 aliphatic heterocycles. The van der Waals surface area contributed by atoms with Gasteiger partial charge in [-0.25, -0.2) is 4.39 Å². The van der Waals surface area contributed by atoms with Gasteiger partial charge in [0.15, 0.2) is 0 Å². The third kappa shape index (κ3) is 3.70. The summed E-state index contributed by atoms with van der Waals surface area (Å²) in [6.07, 6.45) is 0.575. The van der Waals surface area contributed by atoms with E-state index >= 15 is 0 Å². The standard InChI is InChI=1S/C11H13ClFNO2/c1-16-10-6-9(13)3-2-8(10)4-5-14-11(15)7-12/h2-3,6H,4-5,7H2,1H3,(H,14,15). The summed E-state index contributed by atoms with van der Waals surface area (Å²) in [4.78, 5) is 10.9. The van der Waals surface area contributed by atoms with Crippen LogP contribution in [0.15, 0.2) is 18.2 Å². The largest absolute Gasteiger partial charge is 0.496 e. The molecule has 1 aromatic rings. The Labute approximate surface area is 98.5 Å². The number of rotatable bonds is 5. The summed E-state index contributed by atoms with van der Waals surface area (Å²) < 4.78 is 17.9. The van der Waals surface area contributed by atoms with Crippen LogP contribution in [-0.2, 0) is 11.2 Å². The fourth-order valence-electron chi connectivity index (χ4n) is 1.31. The van der Waals surface area contributed by atoms with Crippen molar-refractivity contribution in [3.8, 4) is 5.75 Å². The maximum absolute atomic E-state index is 12.9. The lowest BCUT2D eigenvalue weighted by Gasteiger charge is -2.08. The van der Waals surface area contributed by atoms with Crippen LogP contribution in [0.5, 0.6) is 5.75 Å². The zero-order chi connectivity index (χ0) is 12.0. The molecular weight excluding hydrogens is 233 g/mol. The summed E-state index contributed by atoms with van der Waals surface area (Å²) >= 11 is 5.33. The Morgan fingerprint density at radius 1 is 1.56 bits per heavy atom. The Hall–Kier alpha value is -1.29. The Morgan fingerprint density at radius 2 is 2.31 bits per heavy atom. The first kappa shape index (κ1) is 12.8. The second-order valence-electron chi connectivity index (χ2n) is 3.19. The molecule has 0 atom stereocenters. The maximum atomic E-state index is 12.9. The van der Waals surface area contributed by atoms with Crippen LogP contribution in [-0.4, -0.2) is 25.4 Å². The van der Waals surface area contributed by atoms with Crippen molar-refractivity contribution < 1.29 is 13.9 Å². The van der Waals surface area contributed by atoms with Gasteiger partial charge in [-0.05, 0) is 18.1 Å². The van der Waals surface area contributed by atoms with Crippen LogP contribution in [0, 0.1) is 5.82 Å². The summed E-state index contributed by atoms with van der Waals surface area (Å²) in [7, 11) is 1.48. The van der Waals surface area contributed by atoms with Crippen molar-refractivity contribution in [3.63, 3.8) is 0 Å². The van der Waals surface area contributed by atoms with Gasteiger partial charge in [-0.3, -0.25) is 4.79 Å². The molecule has 1 N–H and O–H groups in total. The quantitative estimate of drug-likeness (QED) is 0.803. The number of carbonyl (C=O) groups is 1. The van der Waals surface area contributed by atoms with Crippen LogP contribution in [0.4, 0.5) is 4.39 Å². The molecule has 0 fully saturated rings. The number of halogens is 2. The summed E-state index contributed by atoms with van der Waals surface area (Å²) in [6.45, 7) is 0.452. The van der Waals surface area contributed by atoms with Crippen LogP contribution in [0.25, 0.3) is 0 Å². The van der Waals surface area contributed by atoms with Gasteiger partial charge in [-0.1, -0.05) is 6.07 Å².